The fourth-order valence-corrected chi connectivity index (χ4v) is 2.47. The summed E-state index contributed by atoms with van der Waals surface area (Å²) >= 11 is 0. The number of ether oxygens (including phenoxy) is 1. The van der Waals surface area contributed by atoms with Gasteiger partial charge in [0.15, 0.2) is 5.82 Å². The number of aromatic nitrogens is 2. The Morgan fingerprint density at radius 3 is 2.58 bits per heavy atom. The molecule has 0 unspecified atom stereocenters. The molecule has 0 spiro atoms. The van der Waals surface area contributed by atoms with E-state index in [0.29, 0.717) is 11.3 Å². The van der Waals surface area contributed by atoms with E-state index in [4.69, 9.17) is 0 Å². The van der Waals surface area contributed by atoms with Gasteiger partial charge in [0.2, 0.25) is 0 Å². The minimum Gasteiger partial charge on any atom is -0.478 e. The third-order valence-electron chi connectivity index (χ3n) is 3.62. The number of carbonyl (C=O) groups is 1. The van der Waals surface area contributed by atoms with Gasteiger partial charge in [0.25, 0.3) is 0 Å². The van der Waals surface area contributed by atoms with Crippen LogP contribution in [0.15, 0.2) is 24.3 Å². The molecule has 126 valence electrons. The van der Waals surface area contributed by atoms with Crippen molar-refractivity contribution in [1.29, 1.82) is 0 Å². The van der Waals surface area contributed by atoms with Crippen LogP contribution in [0.5, 0.6) is 5.75 Å². The maximum absolute atomic E-state index is 12.3. The summed E-state index contributed by atoms with van der Waals surface area (Å²) in [5, 5.41) is 9.33. The molecule has 0 bridgehead atoms. The summed E-state index contributed by atoms with van der Waals surface area (Å²) in [5.74, 6) is -1.23. The minimum atomic E-state index is -4.79. The first-order valence-electron chi connectivity index (χ1n) is 7.22. The van der Waals surface area contributed by atoms with E-state index in [1.165, 1.54) is 18.2 Å². The van der Waals surface area contributed by atoms with Gasteiger partial charge in [0.05, 0.1) is 11.4 Å². The van der Waals surface area contributed by atoms with E-state index in [1.54, 1.807) is 13.0 Å². The van der Waals surface area contributed by atoms with Gasteiger partial charge in [-0.25, -0.2) is 14.8 Å². The molecule has 0 atom stereocenters. The predicted molar refractivity (Wildman–Crippen MR) is 77.8 cm³/mol. The summed E-state index contributed by atoms with van der Waals surface area (Å²) in [5.41, 5.74) is 1.13. The molecular weight excluding hydrogens is 325 g/mol. The van der Waals surface area contributed by atoms with Crippen LogP contribution < -0.4 is 4.74 Å². The second kappa shape index (κ2) is 5.77. The topological polar surface area (TPSA) is 72.3 Å². The van der Waals surface area contributed by atoms with Gasteiger partial charge >= 0.3 is 12.3 Å². The third kappa shape index (κ3) is 3.47. The molecule has 5 nitrogen and oxygen atoms in total. The van der Waals surface area contributed by atoms with Gasteiger partial charge < -0.3 is 9.84 Å². The van der Waals surface area contributed by atoms with E-state index in [-0.39, 0.29) is 28.7 Å². The smallest absolute Gasteiger partial charge is 0.478 e. The molecular formula is C16H13F3N2O3. The molecule has 0 amide bonds. The SMILES string of the molecule is Cc1nc(-c2cccc(OC(F)(F)F)c2)nc(C2CC2)c1C(=O)O. The molecule has 3 rings (SSSR count). The average Bonchev–Trinajstić information content (AvgIpc) is 3.28. The van der Waals surface area contributed by atoms with Gasteiger partial charge in [0.1, 0.15) is 11.3 Å². The largest absolute Gasteiger partial charge is 0.573 e. The van der Waals surface area contributed by atoms with Crippen molar-refractivity contribution in [2.45, 2.75) is 32.0 Å². The standard InChI is InChI=1S/C16H13F3N2O3/c1-8-12(15(22)23)13(9-5-6-9)21-14(20-8)10-3-2-4-11(7-10)24-16(17,18)19/h2-4,7,9H,5-6H2,1H3,(H,22,23). The van der Waals surface area contributed by atoms with Crippen molar-refractivity contribution < 1.29 is 27.8 Å². The second-order valence-corrected chi connectivity index (χ2v) is 5.55. The monoisotopic (exact) mass is 338 g/mol. The third-order valence-corrected chi connectivity index (χ3v) is 3.62. The Hall–Kier alpha value is -2.64. The van der Waals surface area contributed by atoms with Crippen molar-refractivity contribution in [2.75, 3.05) is 0 Å². The number of hydrogen-bond acceptors (Lipinski definition) is 4. The molecule has 1 aliphatic carbocycles. The molecule has 8 heteroatoms. The molecule has 1 aliphatic rings. The lowest BCUT2D eigenvalue weighted by Gasteiger charge is -2.12. The van der Waals surface area contributed by atoms with E-state index in [9.17, 15) is 23.1 Å². The predicted octanol–water partition coefficient (Wildman–Crippen LogP) is 3.93. The summed E-state index contributed by atoms with van der Waals surface area (Å²) in [7, 11) is 0. The van der Waals surface area contributed by atoms with Gasteiger partial charge in [-0.1, -0.05) is 12.1 Å². The normalized spacial score (nSPS) is 14.5. The van der Waals surface area contributed by atoms with Crippen molar-refractivity contribution in [1.82, 2.24) is 9.97 Å². The summed E-state index contributed by atoms with van der Waals surface area (Å²) in [6, 6.07) is 5.31. The van der Waals surface area contributed by atoms with E-state index in [1.807, 2.05) is 0 Å². The maximum Gasteiger partial charge on any atom is 0.573 e. The highest BCUT2D eigenvalue weighted by molar-refractivity contribution is 5.90. The molecule has 0 radical (unpaired) electrons. The number of hydrogen-bond donors (Lipinski definition) is 1. The zero-order valence-corrected chi connectivity index (χ0v) is 12.6. The molecule has 24 heavy (non-hydrogen) atoms. The number of rotatable bonds is 4. The highest BCUT2D eigenvalue weighted by Gasteiger charge is 2.33. The number of nitrogens with zero attached hydrogens (tertiary/aromatic N) is 2. The zero-order chi connectivity index (χ0) is 17.5. The van der Waals surface area contributed by atoms with E-state index in [2.05, 4.69) is 14.7 Å². The van der Waals surface area contributed by atoms with Crippen LogP contribution >= 0.6 is 0 Å². The molecule has 0 saturated heterocycles. The Kier molecular flexibility index (Phi) is 3.90. The average molecular weight is 338 g/mol. The number of aryl methyl sites for hydroxylation is 1. The lowest BCUT2D eigenvalue weighted by molar-refractivity contribution is -0.274. The number of benzene rings is 1. The first-order valence-corrected chi connectivity index (χ1v) is 7.22. The number of carboxylic acid groups (broad SMARTS) is 1. The van der Waals surface area contributed by atoms with Crippen molar-refractivity contribution >= 4 is 5.97 Å². The Bertz CT molecular complexity index is 802. The van der Waals surface area contributed by atoms with Gasteiger partial charge in [-0.2, -0.15) is 0 Å². The summed E-state index contributed by atoms with van der Waals surface area (Å²) in [4.78, 5) is 19.8. The van der Waals surface area contributed by atoms with Crippen molar-refractivity contribution in [3.05, 3.63) is 41.2 Å². The molecule has 1 N–H and O–H groups in total. The van der Waals surface area contributed by atoms with Crippen molar-refractivity contribution in [3.8, 4) is 17.1 Å². The van der Waals surface area contributed by atoms with E-state index in [0.717, 1.165) is 12.8 Å². The second-order valence-electron chi connectivity index (χ2n) is 5.55. The number of alkyl halides is 3. The minimum absolute atomic E-state index is 0.0613. The molecule has 2 aromatic rings. The fourth-order valence-electron chi connectivity index (χ4n) is 2.47. The molecule has 1 aromatic heterocycles. The summed E-state index contributed by atoms with van der Waals surface area (Å²) in [6.07, 6.45) is -3.11. The van der Waals surface area contributed by atoms with Crippen LogP contribution in [-0.2, 0) is 0 Å². The lowest BCUT2D eigenvalue weighted by Crippen LogP contribution is -2.17. The molecule has 1 heterocycles. The molecule has 0 aliphatic heterocycles. The van der Waals surface area contributed by atoms with Gasteiger partial charge in [-0.3, -0.25) is 0 Å². The highest BCUT2D eigenvalue weighted by atomic mass is 19.4. The van der Waals surface area contributed by atoms with Crippen molar-refractivity contribution in [2.24, 2.45) is 0 Å². The van der Waals surface area contributed by atoms with Gasteiger partial charge in [0, 0.05) is 11.5 Å². The Balaban J connectivity index is 2.04. The van der Waals surface area contributed by atoms with Gasteiger partial charge in [-0.15, -0.1) is 13.2 Å². The number of halogens is 3. The lowest BCUT2D eigenvalue weighted by atomic mass is 10.1. The number of aromatic carboxylic acids is 1. The van der Waals surface area contributed by atoms with Crippen LogP contribution in [0, 0.1) is 6.92 Å². The van der Waals surface area contributed by atoms with Crippen LogP contribution in [0.25, 0.3) is 11.4 Å². The Morgan fingerprint density at radius 1 is 1.29 bits per heavy atom. The fraction of sp³-hybridized carbons (Fsp3) is 0.312. The van der Waals surface area contributed by atoms with Crippen LogP contribution in [0.2, 0.25) is 0 Å². The van der Waals surface area contributed by atoms with Crippen LogP contribution in [-0.4, -0.2) is 27.4 Å². The summed E-state index contributed by atoms with van der Waals surface area (Å²) in [6.45, 7) is 1.55. The van der Waals surface area contributed by atoms with Crippen LogP contribution in [0.1, 0.15) is 40.5 Å². The highest BCUT2D eigenvalue weighted by Crippen LogP contribution is 2.41. The first-order chi connectivity index (χ1) is 11.2. The summed E-state index contributed by atoms with van der Waals surface area (Å²) < 4.78 is 40.9. The molecule has 1 saturated carbocycles. The molecule has 1 fully saturated rings. The van der Waals surface area contributed by atoms with Crippen LogP contribution in [0.3, 0.4) is 0 Å². The van der Waals surface area contributed by atoms with Crippen LogP contribution in [0.4, 0.5) is 13.2 Å². The Morgan fingerprint density at radius 2 is 2.00 bits per heavy atom. The van der Waals surface area contributed by atoms with Crippen molar-refractivity contribution in [3.63, 3.8) is 0 Å². The van der Waals surface area contributed by atoms with Gasteiger partial charge in [-0.05, 0) is 31.9 Å². The first kappa shape index (κ1) is 16.2. The number of carboxylic acids is 1. The maximum atomic E-state index is 12.3. The zero-order valence-electron chi connectivity index (χ0n) is 12.6. The van der Waals surface area contributed by atoms with E-state index < -0.39 is 12.3 Å². The quantitative estimate of drug-likeness (QED) is 0.914. The Labute approximate surface area is 135 Å². The molecule has 1 aromatic carbocycles. The van der Waals surface area contributed by atoms with E-state index >= 15 is 0 Å².